The fourth-order valence-corrected chi connectivity index (χ4v) is 1.75. The molecule has 1 aliphatic carbocycles. The molecule has 1 N–H and O–H groups in total. The Labute approximate surface area is 91.2 Å². The van der Waals surface area contributed by atoms with Crippen molar-refractivity contribution in [1.29, 1.82) is 0 Å². The summed E-state index contributed by atoms with van der Waals surface area (Å²) in [7, 11) is 1.82. The van der Waals surface area contributed by atoms with E-state index < -0.39 is 0 Å². The first-order valence-electron chi connectivity index (χ1n) is 4.66. The number of rotatable bonds is 3. The highest BCUT2D eigenvalue weighted by Crippen LogP contribution is 2.32. The molecule has 76 valence electrons. The summed E-state index contributed by atoms with van der Waals surface area (Å²) in [5.74, 6) is 1.39. The Hall–Kier alpha value is -0.840. The van der Waals surface area contributed by atoms with Gasteiger partial charge in [0.15, 0.2) is 0 Å². The van der Waals surface area contributed by atoms with Crippen LogP contribution in [0.1, 0.15) is 19.3 Å². The quantitative estimate of drug-likeness (QED) is 0.902. The van der Waals surface area contributed by atoms with E-state index in [-0.39, 0.29) is 0 Å². The minimum absolute atomic E-state index is 0.339. The molecule has 1 aromatic heterocycles. The topological polar surface area (TPSA) is 47.0 Å². The van der Waals surface area contributed by atoms with Gasteiger partial charge in [-0.2, -0.15) is 0 Å². The predicted molar refractivity (Wildman–Crippen MR) is 57.5 cm³/mol. The first-order valence-corrected chi connectivity index (χ1v) is 5.45. The van der Waals surface area contributed by atoms with Crippen LogP contribution in [0.4, 0.5) is 5.82 Å². The van der Waals surface area contributed by atoms with Crippen LogP contribution >= 0.6 is 15.9 Å². The summed E-state index contributed by atoms with van der Waals surface area (Å²) >= 11 is 3.41. The van der Waals surface area contributed by atoms with Crippen LogP contribution in [0.15, 0.2) is 10.8 Å². The average Bonchev–Trinajstić information content (AvgIpc) is 2.13. The maximum atomic E-state index is 5.69. The summed E-state index contributed by atoms with van der Waals surface area (Å²) in [5, 5.41) is 2.97. The van der Waals surface area contributed by atoms with E-state index in [9.17, 15) is 0 Å². The average molecular weight is 258 g/mol. The van der Waals surface area contributed by atoms with E-state index in [1.165, 1.54) is 12.7 Å². The van der Waals surface area contributed by atoms with E-state index in [2.05, 4.69) is 31.2 Å². The molecule has 0 atom stereocenters. The number of halogens is 1. The van der Waals surface area contributed by atoms with Gasteiger partial charge in [-0.1, -0.05) is 0 Å². The summed E-state index contributed by atoms with van der Waals surface area (Å²) < 4.78 is 6.49. The molecule has 0 spiro atoms. The maximum Gasteiger partial charge on any atom is 0.233 e. The lowest BCUT2D eigenvalue weighted by Gasteiger charge is -2.26. The number of aromatic nitrogens is 2. The molecule has 4 nitrogen and oxygen atoms in total. The third kappa shape index (κ3) is 1.82. The van der Waals surface area contributed by atoms with Gasteiger partial charge < -0.3 is 10.1 Å². The summed E-state index contributed by atoms with van der Waals surface area (Å²) in [6, 6.07) is 0. The molecule has 0 aromatic carbocycles. The Morgan fingerprint density at radius 3 is 2.86 bits per heavy atom. The summed E-state index contributed by atoms with van der Waals surface area (Å²) in [5.41, 5.74) is 0. The van der Waals surface area contributed by atoms with Crippen molar-refractivity contribution < 1.29 is 4.74 Å². The van der Waals surface area contributed by atoms with Crippen LogP contribution in [0.3, 0.4) is 0 Å². The number of ether oxygens (including phenoxy) is 1. The summed E-state index contributed by atoms with van der Waals surface area (Å²) in [6.45, 7) is 0. The third-order valence-corrected chi connectivity index (χ3v) is 3.04. The molecule has 1 saturated carbocycles. The van der Waals surface area contributed by atoms with Gasteiger partial charge in [-0.05, 0) is 35.2 Å². The van der Waals surface area contributed by atoms with Crippen LogP contribution in [0, 0.1) is 0 Å². The van der Waals surface area contributed by atoms with E-state index in [0.717, 1.165) is 23.1 Å². The molecule has 1 aromatic rings. The molecule has 1 heterocycles. The molecule has 0 saturated heterocycles. The maximum absolute atomic E-state index is 5.69. The Morgan fingerprint density at radius 1 is 1.50 bits per heavy atom. The van der Waals surface area contributed by atoms with E-state index in [1.807, 2.05) is 7.05 Å². The smallest absolute Gasteiger partial charge is 0.233 e. The lowest BCUT2D eigenvalue weighted by molar-refractivity contribution is 0.113. The van der Waals surface area contributed by atoms with Crippen molar-refractivity contribution >= 4 is 21.7 Å². The Balaban J connectivity index is 2.15. The normalized spacial score (nSPS) is 16.1. The molecule has 0 bridgehead atoms. The number of hydrogen-bond donors (Lipinski definition) is 1. The molecule has 0 aliphatic heterocycles. The fourth-order valence-electron chi connectivity index (χ4n) is 1.26. The molecule has 0 unspecified atom stereocenters. The van der Waals surface area contributed by atoms with Crippen LogP contribution in [-0.4, -0.2) is 23.1 Å². The molecular formula is C9H12BrN3O. The lowest BCUT2D eigenvalue weighted by Crippen LogP contribution is -2.25. The summed E-state index contributed by atoms with van der Waals surface area (Å²) in [4.78, 5) is 8.15. The van der Waals surface area contributed by atoms with Gasteiger partial charge >= 0.3 is 0 Å². The Bertz CT molecular complexity index is 328. The van der Waals surface area contributed by atoms with E-state index in [1.54, 1.807) is 0 Å². The molecule has 14 heavy (non-hydrogen) atoms. The predicted octanol–water partition coefficient (Wildman–Crippen LogP) is 2.21. The SMILES string of the molecule is CNc1ncnc(OC2CCC2)c1Br. The van der Waals surface area contributed by atoms with Crippen molar-refractivity contribution in [3.8, 4) is 5.88 Å². The molecule has 5 heteroatoms. The van der Waals surface area contributed by atoms with E-state index in [0.29, 0.717) is 12.0 Å². The molecule has 2 rings (SSSR count). The Morgan fingerprint density at radius 2 is 2.29 bits per heavy atom. The van der Waals surface area contributed by atoms with Crippen molar-refractivity contribution in [1.82, 2.24) is 9.97 Å². The van der Waals surface area contributed by atoms with Crippen LogP contribution < -0.4 is 10.1 Å². The zero-order valence-corrected chi connectivity index (χ0v) is 9.54. The van der Waals surface area contributed by atoms with Crippen LogP contribution in [0.25, 0.3) is 0 Å². The van der Waals surface area contributed by atoms with Gasteiger partial charge in [-0.15, -0.1) is 0 Å². The lowest BCUT2D eigenvalue weighted by atomic mass is 9.96. The van der Waals surface area contributed by atoms with Gasteiger partial charge in [-0.25, -0.2) is 9.97 Å². The Kier molecular flexibility index (Phi) is 2.86. The largest absolute Gasteiger partial charge is 0.473 e. The van der Waals surface area contributed by atoms with Crippen molar-refractivity contribution in [2.75, 3.05) is 12.4 Å². The number of hydrogen-bond acceptors (Lipinski definition) is 4. The monoisotopic (exact) mass is 257 g/mol. The molecule has 1 aliphatic rings. The minimum atomic E-state index is 0.339. The fraction of sp³-hybridized carbons (Fsp3) is 0.556. The zero-order valence-electron chi connectivity index (χ0n) is 7.96. The second kappa shape index (κ2) is 4.13. The van der Waals surface area contributed by atoms with E-state index in [4.69, 9.17) is 4.74 Å². The highest BCUT2D eigenvalue weighted by Gasteiger charge is 2.21. The van der Waals surface area contributed by atoms with Crippen molar-refractivity contribution in [3.63, 3.8) is 0 Å². The highest BCUT2D eigenvalue weighted by atomic mass is 79.9. The van der Waals surface area contributed by atoms with Gasteiger partial charge in [-0.3, -0.25) is 0 Å². The molecular weight excluding hydrogens is 246 g/mol. The molecule has 0 amide bonds. The second-order valence-electron chi connectivity index (χ2n) is 3.26. The van der Waals surface area contributed by atoms with Gasteiger partial charge in [0.05, 0.1) is 0 Å². The third-order valence-electron chi connectivity index (χ3n) is 2.32. The summed E-state index contributed by atoms with van der Waals surface area (Å²) in [6.07, 6.45) is 5.36. The number of nitrogens with zero attached hydrogens (tertiary/aromatic N) is 2. The molecule has 1 fully saturated rings. The van der Waals surface area contributed by atoms with Crippen LogP contribution in [0.5, 0.6) is 5.88 Å². The first-order chi connectivity index (χ1) is 6.81. The van der Waals surface area contributed by atoms with Gasteiger partial charge in [0.1, 0.15) is 22.7 Å². The van der Waals surface area contributed by atoms with Gasteiger partial charge in [0.2, 0.25) is 5.88 Å². The molecule has 0 radical (unpaired) electrons. The second-order valence-corrected chi connectivity index (χ2v) is 4.06. The number of nitrogens with one attached hydrogen (secondary N) is 1. The van der Waals surface area contributed by atoms with E-state index >= 15 is 0 Å². The highest BCUT2D eigenvalue weighted by molar-refractivity contribution is 9.10. The van der Waals surface area contributed by atoms with Crippen molar-refractivity contribution in [2.24, 2.45) is 0 Å². The van der Waals surface area contributed by atoms with Crippen LogP contribution in [-0.2, 0) is 0 Å². The number of anilines is 1. The van der Waals surface area contributed by atoms with Crippen LogP contribution in [0.2, 0.25) is 0 Å². The van der Waals surface area contributed by atoms with Gasteiger partial charge in [0.25, 0.3) is 0 Å². The minimum Gasteiger partial charge on any atom is -0.473 e. The zero-order chi connectivity index (χ0) is 9.97. The standard InChI is InChI=1S/C9H12BrN3O/c1-11-8-7(10)9(13-5-12-8)14-6-3-2-4-6/h5-6H,2-4H2,1H3,(H,11,12,13). The van der Waals surface area contributed by atoms with Crippen molar-refractivity contribution in [3.05, 3.63) is 10.8 Å². The first kappa shape index (κ1) is 9.71. The van der Waals surface area contributed by atoms with Crippen molar-refractivity contribution in [2.45, 2.75) is 25.4 Å². The van der Waals surface area contributed by atoms with Gasteiger partial charge in [0, 0.05) is 7.05 Å².